The van der Waals surface area contributed by atoms with Gasteiger partial charge >= 0.3 is 6.09 Å². The van der Waals surface area contributed by atoms with E-state index in [0.717, 1.165) is 23.1 Å². The molecule has 0 bridgehead atoms. The summed E-state index contributed by atoms with van der Waals surface area (Å²) in [6, 6.07) is 20.3. The molecule has 1 aromatic heterocycles. The van der Waals surface area contributed by atoms with Crippen molar-refractivity contribution in [2.24, 2.45) is 0 Å². The first-order valence-corrected chi connectivity index (χ1v) is 10.7. The van der Waals surface area contributed by atoms with Crippen LogP contribution in [0.5, 0.6) is 5.88 Å². The molecule has 0 saturated carbocycles. The predicted molar refractivity (Wildman–Crippen MR) is 120 cm³/mol. The van der Waals surface area contributed by atoms with E-state index in [1.54, 1.807) is 4.90 Å². The summed E-state index contributed by atoms with van der Waals surface area (Å²) in [7, 11) is 0. The zero-order valence-corrected chi connectivity index (χ0v) is 18.3. The van der Waals surface area contributed by atoms with Crippen molar-refractivity contribution in [3.63, 3.8) is 0 Å². The standard InChI is InChI=1S/C25H29N3O3/c1-25(2,3)31-24(29)27-15-14-21(16-27)28-17-22(20-12-8-5-9-13-20)23(26-28)30-18-19-10-6-4-7-11-19/h4-13,17,21H,14-16,18H2,1-3H3. The molecule has 1 fully saturated rings. The summed E-state index contributed by atoms with van der Waals surface area (Å²) in [6.45, 7) is 7.33. The van der Waals surface area contributed by atoms with E-state index in [1.165, 1.54) is 0 Å². The number of amides is 1. The summed E-state index contributed by atoms with van der Waals surface area (Å²) in [5.41, 5.74) is 2.60. The summed E-state index contributed by atoms with van der Waals surface area (Å²) in [5.74, 6) is 0.603. The Morgan fingerprint density at radius 2 is 1.74 bits per heavy atom. The molecule has 0 radical (unpaired) electrons. The lowest BCUT2D eigenvalue weighted by Crippen LogP contribution is -2.35. The Kier molecular flexibility index (Phi) is 5.98. The molecule has 1 unspecified atom stereocenters. The summed E-state index contributed by atoms with van der Waals surface area (Å²) < 4.78 is 13.6. The van der Waals surface area contributed by atoms with Gasteiger partial charge in [-0.15, -0.1) is 5.10 Å². The van der Waals surface area contributed by atoms with Crippen LogP contribution in [-0.4, -0.2) is 39.5 Å². The fourth-order valence-electron chi connectivity index (χ4n) is 3.66. The Hall–Kier alpha value is -3.28. The largest absolute Gasteiger partial charge is 0.471 e. The molecule has 4 rings (SSSR count). The number of hydrogen-bond acceptors (Lipinski definition) is 4. The van der Waals surface area contributed by atoms with Gasteiger partial charge in [0.25, 0.3) is 0 Å². The highest BCUT2D eigenvalue weighted by Crippen LogP contribution is 2.33. The van der Waals surface area contributed by atoms with Crippen molar-refractivity contribution >= 4 is 6.09 Å². The van der Waals surface area contributed by atoms with Crippen LogP contribution in [0.2, 0.25) is 0 Å². The third kappa shape index (κ3) is 5.26. The molecule has 1 aliphatic heterocycles. The lowest BCUT2D eigenvalue weighted by Gasteiger charge is -2.24. The molecule has 1 saturated heterocycles. The van der Waals surface area contributed by atoms with Crippen molar-refractivity contribution in [2.75, 3.05) is 13.1 Å². The molecule has 162 valence electrons. The van der Waals surface area contributed by atoms with Crippen LogP contribution in [0.4, 0.5) is 4.79 Å². The maximum atomic E-state index is 12.4. The van der Waals surface area contributed by atoms with Crippen molar-refractivity contribution in [2.45, 2.75) is 45.4 Å². The lowest BCUT2D eigenvalue weighted by molar-refractivity contribution is 0.0288. The average molecular weight is 420 g/mol. The molecule has 2 aromatic carbocycles. The normalized spacial score (nSPS) is 16.4. The highest BCUT2D eigenvalue weighted by Gasteiger charge is 2.31. The second-order valence-electron chi connectivity index (χ2n) is 8.84. The lowest BCUT2D eigenvalue weighted by atomic mass is 10.1. The molecule has 1 amide bonds. The third-order valence-electron chi connectivity index (χ3n) is 5.19. The van der Waals surface area contributed by atoms with Gasteiger partial charge in [-0.3, -0.25) is 4.68 Å². The number of aromatic nitrogens is 2. The quantitative estimate of drug-likeness (QED) is 0.562. The maximum Gasteiger partial charge on any atom is 0.410 e. The van der Waals surface area contributed by atoms with E-state index in [1.807, 2.05) is 80.2 Å². The first-order valence-electron chi connectivity index (χ1n) is 10.7. The maximum absolute atomic E-state index is 12.4. The van der Waals surface area contributed by atoms with Gasteiger partial charge in [-0.1, -0.05) is 60.7 Å². The van der Waals surface area contributed by atoms with Gasteiger partial charge in [0.15, 0.2) is 0 Å². The number of ether oxygens (including phenoxy) is 2. The minimum atomic E-state index is -0.500. The van der Waals surface area contributed by atoms with Crippen LogP contribution in [0.15, 0.2) is 66.9 Å². The molecular formula is C25H29N3O3. The molecule has 3 aromatic rings. The summed E-state index contributed by atoms with van der Waals surface area (Å²) >= 11 is 0. The Balaban J connectivity index is 1.53. The second kappa shape index (κ2) is 8.84. The highest BCUT2D eigenvalue weighted by atomic mass is 16.6. The molecule has 6 heteroatoms. The highest BCUT2D eigenvalue weighted by molar-refractivity contribution is 5.69. The minimum absolute atomic E-state index is 0.0871. The average Bonchev–Trinajstić information content (AvgIpc) is 3.40. The van der Waals surface area contributed by atoms with Crippen LogP contribution in [0.3, 0.4) is 0 Å². The van der Waals surface area contributed by atoms with Crippen molar-refractivity contribution in [3.8, 4) is 17.0 Å². The molecule has 1 atom stereocenters. The number of carbonyl (C=O) groups is 1. The number of benzene rings is 2. The van der Waals surface area contributed by atoms with Crippen molar-refractivity contribution < 1.29 is 14.3 Å². The topological polar surface area (TPSA) is 56.6 Å². The van der Waals surface area contributed by atoms with E-state index in [-0.39, 0.29) is 12.1 Å². The van der Waals surface area contributed by atoms with Gasteiger partial charge in [0.1, 0.15) is 12.2 Å². The predicted octanol–water partition coefficient (Wildman–Crippen LogP) is 5.31. The van der Waals surface area contributed by atoms with Gasteiger partial charge < -0.3 is 14.4 Å². The van der Waals surface area contributed by atoms with Gasteiger partial charge in [0.2, 0.25) is 5.88 Å². The summed E-state index contributed by atoms with van der Waals surface area (Å²) in [5, 5.41) is 4.77. The van der Waals surface area contributed by atoms with Gasteiger partial charge in [-0.05, 0) is 38.3 Å². The Labute approximate surface area is 183 Å². The Morgan fingerprint density at radius 3 is 2.42 bits per heavy atom. The number of hydrogen-bond donors (Lipinski definition) is 0. The Bertz CT molecular complexity index is 1010. The van der Waals surface area contributed by atoms with Gasteiger partial charge in [0.05, 0.1) is 11.6 Å². The van der Waals surface area contributed by atoms with Gasteiger partial charge in [-0.25, -0.2) is 4.79 Å². The van der Waals surface area contributed by atoms with Gasteiger partial charge in [-0.2, -0.15) is 0 Å². The SMILES string of the molecule is CC(C)(C)OC(=O)N1CCC(n2cc(-c3ccccc3)c(OCc3ccccc3)n2)C1. The third-order valence-corrected chi connectivity index (χ3v) is 5.19. The molecule has 6 nitrogen and oxygen atoms in total. The number of nitrogens with zero attached hydrogens (tertiary/aromatic N) is 3. The fourth-order valence-corrected chi connectivity index (χ4v) is 3.66. The van der Waals surface area contributed by atoms with E-state index in [9.17, 15) is 4.79 Å². The van der Waals surface area contributed by atoms with Crippen molar-refractivity contribution in [3.05, 3.63) is 72.4 Å². The van der Waals surface area contributed by atoms with E-state index in [2.05, 4.69) is 12.1 Å². The van der Waals surface area contributed by atoms with Crippen molar-refractivity contribution in [1.82, 2.24) is 14.7 Å². The molecule has 1 aliphatic rings. The van der Waals surface area contributed by atoms with E-state index < -0.39 is 5.60 Å². The molecule has 31 heavy (non-hydrogen) atoms. The van der Waals surface area contributed by atoms with Crippen LogP contribution in [0, 0.1) is 0 Å². The first kappa shape index (κ1) is 21.0. The van der Waals surface area contributed by atoms with Crippen LogP contribution in [0.1, 0.15) is 38.8 Å². The molecule has 0 aliphatic carbocycles. The smallest absolute Gasteiger partial charge is 0.410 e. The van der Waals surface area contributed by atoms with E-state index in [4.69, 9.17) is 14.6 Å². The second-order valence-corrected chi connectivity index (χ2v) is 8.84. The van der Waals surface area contributed by atoms with Crippen molar-refractivity contribution in [1.29, 1.82) is 0 Å². The monoisotopic (exact) mass is 419 g/mol. The molecule has 0 spiro atoms. The number of carbonyl (C=O) groups excluding carboxylic acids is 1. The van der Waals surface area contributed by atoms with Crippen LogP contribution < -0.4 is 4.74 Å². The number of rotatable bonds is 5. The Morgan fingerprint density at radius 1 is 1.06 bits per heavy atom. The fraction of sp³-hybridized carbons (Fsp3) is 0.360. The molecular weight excluding hydrogens is 390 g/mol. The zero-order chi connectivity index (χ0) is 21.8. The van der Waals surface area contributed by atoms with E-state index >= 15 is 0 Å². The zero-order valence-electron chi connectivity index (χ0n) is 18.3. The molecule has 0 N–H and O–H groups in total. The molecule has 2 heterocycles. The van der Waals surface area contributed by atoms with Crippen LogP contribution in [0.25, 0.3) is 11.1 Å². The summed E-state index contributed by atoms with van der Waals surface area (Å²) in [4.78, 5) is 14.2. The van der Waals surface area contributed by atoms with Crippen LogP contribution >= 0.6 is 0 Å². The summed E-state index contributed by atoms with van der Waals surface area (Å²) in [6.07, 6.45) is 2.58. The minimum Gasteiger partial charge on any atom is -0.471 e. The van der Waals surface area contributed by atoms with E-state index in [0.29, 0.717) is 25.6 Å². The van der Waals surface area contributed by atoms with Gasteiger partial charge in [0, 0.05) is 19.3 Å². The van der Waals surface area contributed by atoms with Crippen LogP contribution in [-0.2, 0) is 11.3 Å². The first-order chi connectivity index (χ1) is 14.9. The number of likely N-dealkylation sites (tertiary alicyclic amines) is 1.